The highest BCUT2D eigenvalue weighted by atomic mass is 15.1. The van der Waals surface area contributed by atoms with Gasteiger partial charge in [-0.2, -0.15) is 0 Å². The number of anilines is 3. The Hall–Kier alpha value is -6.96. The van der Waals surface area contributed by atoms with Crippen molar-refractivity contribution in [1.29, 1.82) is 0 Å². The fourth-order valence-electron chi connectivity index (χ4n) is 11.6. The Kier molecular flexibility index (Phi) is 8.51. The van der Waals surface area contributed by atoms with Gasteiger partial charge in [0.05, 0.1) is 5.41 Å². The van der Waals surface area contributed by atoms with Crippen LogP contribution in [0.4, 0.5) is 17.1 Å². The van der Waals surface area contributed by atoms with Crippen molar-refractivity contribution in [2.24, 2.45) is 0 Å². The largest absolute Gasteiger partial charge is 0.310 e. The van der Waals surface area contributed by atoms with Crippen LogP contribution in [0, 0.1) is 13.8 Å². The number of hydrogen-bond acceptors (Lipinski definition) is 1. The molecule has 0 atom stereocenters. The minimum Gasteiger partial charge on any atom is -0.310 e. The summed E-state index contributed by atoms with van der Waals surface area (Å²) in [5.74, 6) is 0. The first-order chi connectivity index (χ1) is 30.3. The highest BCUT2D eigenvalue weighted by molar-refractivity contribution is 5.96. The highest BCUT2D eigenvalue weighted by Gasteiger charge is 2.51. The van der Waals surface area contributed by atoms with Gasteiger partial charge in [0.15, 0.2) is 0 Å². The lowest BCUT2D eigenvalue weighted by molar-refractivity contribution is 0.589. The minimum atomic E-state index is -0.385. The van der Waals surface area contributed by atoms with Gasteiger partial charge in [-0.15, -0.1) is 0 Å². The zero-order valence-electron chi connectivity index (χ0n) is 37.5. The van der Waals surface area contributed by atoms with Crippen LogP contribution in [0.1, 0.15) is 90.3 Å². The van der Waals surface area contributed by atoms with Crippen molar-refractivity contribution in [2.75, 3.05) is 4.90 Å². The molecule has 3 aliphatic carbocycles. The average molecular weight is 812 g/mol. The Bertz CT molecular complexity index is 3190. The van der Waals surface area contributed by atoms with Crippen molar-refractivity contribution in [3.63, 3.8) is 0 Å². The third-order valence-electron chi connectivity index (χ3n) is 14.6. The third-order valence-corrected chi connectivity index (χ3v) is 14.6. The van der Waals surface area contributed by atoms with E-state index >= 15 is 0 Å². The van der Waals surface area contributed by atoms with E-state index < -0.39 is 0 Å². The molecule has 0 bridgehead atoms. The second-order valence-electron chi connectivity index (χ2n) is 19.5. The smallest absolute Gasteiger partial charge is 0.0725 e. The number of allylic oxidation sites excluding steroid dienone is 2. The molecule has 8 aromatic rings. The van der Waals surface area contributed by atoms with Gasteiger partial charge >= 0.3 is 0 Å². The summed E-state index contributed by atoms with van der Waals surface area (Å²) in [5, 5.41) is 0. The van der Waals surface area contributed by atoms with Crippen LogP contribution < -0.4 is 4.90 Å². The first-order valence-electron chi connectivity index (χ1n) is 22.4. The topological polar surface area (TPSA) is 3.24 Å². The molecule has 8 aromatic carbocycles. The van der Waals surface area contributed by atoms with Crippen LogP contribution >= 0.6 is 0 Å². The molecular formula is C62H53N. The van der Waals surface area contributed by atoms with Gasteiger partial charge in [0.1, 0.15) is 0 Å². The lowest BCUT2D eigenvalue weighted by atomic mass is 9.70. The summed E-state index contributed by atoms with van der Waals surface area (Å²) in [6.45, 7) is 24.7. The van der Waals surface area contributed by atoms with Gasteiger partial charge in [0, 0.05) is 22.5 Å². The predicted molar refractivity (Wildman–Crippen MR) is 268 cm³/mol. The van der Waals surface area contributed by atoms with Crippen molar-refractivity contribution in [3.8, 4) is 44.5 Å². The molecule has 1 spiro atoms. The van der Waals surface area contributed by atoms with E-state index in [1.54, 1.807) is 0 Å². The standard InChI is InChI=1S/C62H53N/c1-10-38(2)44-31-28-42(36-56(44)60(5,6)7)63(43-29-32-49-45-19-11-15-23-52(45)61(8,9)57(49)37-43)59-34-39(3)51(33-40(59)4)41-27-30-50-48-22-14-18-26-55(48)62(58(50)35-41)53-24-16-12-20-46(53)47-21-13-17-25-54(47)62/h10-37H,1-2H2,3-9H3. The summed E-state index contributed by atoms with van der Waals surface area (Å²) < 4.78 is 0. The molecule has 0 amide bonds. The molecule has 11 rings (SSSR count). The van der Waals surface area contributed by atoms with Crippen LogP contribution in [0.25, 0.3) is 50.1 Å². The maximum atomic E-state index is 4.39. The molecule has 0 unspecified atom stereocenters. The van der Waals surface area contributed by atoms with Gasteiger partial charge in [-0.1, -0.05) is 175 Å². The predicted octanol–water partition coefficient (Wildman–Crippen LogP) is 16.6. The molecule has 1 nitrogen and oxygen atoms in total. The zero-order valence-corrected chi connectivity index (χ0v) is 37.5. The average Bonchev–Trinajstić information content (AvgIpc) is 3.85. The van der Waals surface area contributed by atoms with Crippen LogP contribution in [0.15, 0.2) is 183 Å². The molecule has 1 heteroatoms. The molecule has 0 aliphatic heterocycles. The van der Waals surface area contributed by atoms with Crippen LogP contribution in [0.5, 0.6) is 0 Å². The van der Waals surface area contributed by atoms with Gasteiger partial charge in [-0.25, -0.2) is 0 Å². The Labute approximate surface area is 373 Å². The molecule has 0 N–H and O–H groups in total. The number of hydrogen-bond donors (Lipinski definition) is 0. The number of aryl methyl sites for hydroxylation is 2. The van der Waals surface area contributed by atoms with E-state index in [4.69, 9.17) is 0 Å². The number of fused-ring (bicyclic) bond motifs is 13. The van der Waals surface area contributed by atoms with Crippen LogP contribution in [-0.4, -0.2) is 0 Å². The molecule has 0 heterocycles. The maximum absolute atomic E-state index is 4.39. The van der Waals surface area contributed by atoms with E-state index in [1.165, 1.54) is 100 Å². The summed E-state index contributed by atoms with van der Waals surface area (Å²) in [7, 11) is 0. The first-order valence-corrected chi connectivity index (χ1v) is 22.4. The Balaban J connectivity index is 1.10. The lowest BCUT2D eigenvalue weighted by Gasteiger charge is -2.32. The fraction of sp³-hybridized carbons (Fsp3) is 0.161. The van der Waals surface area contributed by atoms with Crippen molar-refractivity contribution in [1.82, 2.24) is 0 Å². The molecule has 63 heavy (non-hydrogen) atoms. The lowest BCUT2D eigenvalue weighted by Crippen LogP contribution is -2.25. The van der Waals surface area contributed by atoms with Crippen molar-refractivity contribution in [3.05, 3.63) is 239 Å². The van der Waals surface area contributed by atoms with E-state index in [1.807, 2.05) is 6.08 Å². The zero-order chi connectivity index (χ0) is 43.6. The van der Waals surface area contributed by atoms with Crippen LogP contribution in [0.3, 0.4) is 0 Å². The normalized spacial score (nSPS) is 14.3. The molecule has 306 valence electrons. The minimum absolute atomic E-state index is 0.121. The molecule has 0 fully saturated rings. The van der Waals surface area contributed by atoms with E-state index in [-0.39, 0.29) is 16.2 Å². The molecule has 3 aliphatic rings. The first kappa shape index (κ1) is 38.9. The molecule has 0 saturated heterocycles. The Morgan fingerprint density at radius 3 is 1.57 bits per heavy atom. The number of nitrogens with zero attached hydrogens (tertiary/aromatic N) is 1. The summed E-state index contributed by atoms with van der Waals surface area (Å²) in [4.78, 5) is 2.49. The van der Waals surface area contributed by atoms with Gasteiger partial charge in [-0.05, 0) is 167 Å². The quantitative estimate of drug-likeness (QED) is 0.151. The second-order valence-corrected chi connectivity index (χ2v) is 19.5. The van der Waals surface area contributed by atoms with Crippen LogP contribution in [0.2, 0.25) is 0 Å². The number of rotatable bonds is 6. The van der Waals surface area contributed by atoms with Crippen molar-refractivity contribution < 1.29 is 0 Å². The van der Waals surface area contributed by atoms with E-state index in [9.17, 15) is 0 Å². The Morgan fingerprint density at radius 1 is 0.492 bits per heavy atom. The number of benzene rings is 8. The Morgan fingerprint density at radius 2 is 0.984 bits per heavy atom. The van der Waals surface area contributed by atoms with E-state index in [0.29, 0.717) is 0 Å². The summed E-state index contributed by atoms with van der Waals surface area (Å²) in [5.41, 5.74) is 27.2. The molecule has 0 radical (unpaired) electrons. The fourth-order valence-corrected chi connectivity index (χ4v) is 11.6. The van der Waals surface area contributed by atoms with Crippen molar-refractivity contribution >= 4 is 22.6 Å². The van der Waals surface area contributed by atoms with Gasteiger partial charge < -0.3 is 4.90 Å². The SMILES string of the molecule is C=CC(=C)c1ccc(N(c2ccc3c(c2)C(C)(C)c2ccccc2-3)c2cc(C)c(-c3ccc4c(c3)C3(c5ccccc5-c5ccccc53)c3ccccc3-4)cc2C)cc1C(C)(C)C. The van der Waals surface area contributed by atoms with E-state index in [0.717, 1.165) is 22.5 Å². The summed E-state index contributed by atoms with van der Waals surface area (Å²) >= 11 is 0. The summed E-state index contributed by atoms with van der Waals surface area (Å²) in [6.07, 6.45) is 1.87. The summed E-state index contributed by atoms with van der Waals surface area (Å²) in [6, 6.07) is 62.2. The van der Waals surface area contributed by atoms with Gasteiger partial charge in [0.25, 0.3) is 0 Å². The van der Waals surface area contributed by atoms with Gasteiger partial charge in [-0.3, -0.25) is 0 Å². The van der Waals surface area contributed by atoms with Gasteiger partial charge in [0.2, 0.25) is 0 Å². The molecular weight excluding hydrogens is 759 g/mol. The highest BCUT2D eigenvalue weighted by Crippen LogP contribution is 2.63. The molecule has 0 aromatic heterocycles. The molecule has 0 saturated carbocycles. The van der Waals surface area contributed by atoms with Crippen LogP contribution in [-0.2, 0) is 16.2 Å². The monoisotopic (exact) mass is 811 g/mol. The second kappa shape index (κ2) is 13.8. The maximum Gasteiger partial charge on any atom is 0.0725 e. The third kappa shape index (κ3) is 5.48. The van der Waals surface area contributed by atoms with Crippen molar-refractivity contribution in [2.45, 2.75) is 64.7 Å². The van der Waals surface area contributed by atoms with E-state index in [2.05, 4.69) is 230 Å².